The topological polar surface area (TPSA) is 27.1 Å². The summed E-state index contributed by atoms with van der Waals surface area (Å²) in [4.78, 5) is 0. The maximum absolute atomic E-state index is 13.1. The molecule has 1 aromatic heterocycles. The van der Waals surface area contributed by atoms with E-state index in [1.54, 1.807) is 0 Å². The van der Waals surface area contributed by atoms with E-state index in [2.05, 4.69) is 9.84 Å². The van der Waals surface area contributed by atoms with Crippen molar-refractivity contribution in [2.45, 2.75) is 18.5 Å². The standard InChI is InChI=1S/C13H7F9N2O/c1-25-10-8(13(20,21)22)5-23-24(10)9-4-6(11(14,15)16)2-3-7(9)12(17,18)19/h2-5H,1H3. The molecule has 0 aliphatic carbocycles. The van der Waals surface area contributed by atoms with Crippen LogP contribution in [-0.2, 0) is 18.5 Å². The average molecular weight is 378 g/mol. The molecule has 0 radical (unpaired) electrons. The average Bonchev–Trinajstić information content (AvgIpc) is 2.88. The summed E-state index contributed by atoms with van der Waals surface area (Å²) >= 11 is 0. The van der Waals surface area contributed by atoms with Crippen molar-refractivity contribution in [1.82, 2.24) is 9.78 Å². The lowest BCUT2D eigenvalue weighted by Gasteiger charge is -2.17. The van der Waals surface area contributed by atoms with Crippen LogP contribution in [0.1, 0.15) is 16.7 Å². The Morgan fingerprint density at radius 3 is 1.84 bits per heavy atom. The Labute approximate surface area is 133 Å². The largest absolute Gasteiger partial charge is 0.480 e. The molecule has 0 aliphatic heterocycles. The number of hydrogen-bond acceptors (Lipinski definition) is 2. The monoisotopic (exact) mass is 378 g/mol. The summed E-state index contributed by atoms with van der Waals surface area (Å²) < 4.78 is 120. The molecule has 3 nitrogen and oxygen atoms in total. The van der Waals surface area contributed by atoms with Gasteiger partial charge >= 0.3 is 18.5 Å². The lowest BCUT2D eigenvalue weighted by atomic mass is 10.1. The van der Waals surface area contributed by atoms with Crippen molar-refractivity contribution >= 4 is 0 Å². The summed E-state index contributed by atoms with van der Waals surface area (Å²) in [7, 11) is 0.726. The number of aromatic nitrogens is 2. The van der Waals surface area contributed by atoms with E-state index in [9.17, 15) is 39.5 Å². The van der Waals surface area contributed by atoms with Crippen molar-refractivity contribution in [2.75, 3.05) is 7.11 Å². The minimum atomic E-state index is -5.13. The van der Waals surface area contributed by atoms with Crippen LogP contribution in [-0.4, -0.2) is 16.9 Å². The number of ether oxygens (including phenoxy) is 1. The van der Waals surface area contributed by atoms with E-state index in [0.29, 0.717) is 0 Å². The van der Waals surface area contributed by atoms with E-state index < -0.39 is 46.8 Å². The van der Waals surface area contributed by atoms with Gasteiger partial charge < -0.3 is 4.74 Å². The Bertz CT molecular complexity index is 771. The molecular weight excluding hydrogens is 371 g/mol. The number of alkyl halides is 9. The van der Waals surface area contributed by atoms with Crippen LogP contribution in [0.15, 0.2) is 24.4 Å². The van der Waals surface area contributed by atoms with E-state index in [1.165, 1.54) is 0 Å². The molecule has 0 spiro atoms. The second-order valence-electron chi connectivity index (χ2n) is 4.70. The lowest BCUT2D eigenvalue weighted by Crippen LogP contribution is -2.15. The number of hydrogen-bond donors (Lipinski definition) is 0. The van der Waals surface area contributed by atoms with Gasteiger partial charge in [0.1, 0.15) is 5.56 Å². The van der Waals surface area contributed by atoms with Crippen molar-refractivity contribution in [3.05, 3.63) is 41.1 Å². The molecule has 2 rings (SSSR count). The van der Waals surface area contributed by atoms with Gasteiger partial charge in [0.05, 0.1) is 30.1 Å². The van der Waals surface area contributed by atoms with Crippen LogP contribution < -0.4 is 4.74 Å². The third kappa shape index (κ3) is 3.66. The first-order chi connectivity index (χ1) is 11.3. The molecule has 0 saturated carbocycles. The van der Waals surface area contributed by atoms with E-state index in [1.807, 2.05) is 0 Å². The fourth-order valence-corrected chi connectivity index (χ4v) is 2.02. The summed E-state index contributed by atoms with van der Waals surface area (Å²) in [6.07, 6.45) is -15.0. The summed E-state index contributed by atoms with van der Waals surface area (Å²) in [6.45, 7) is 0. The van der Waals surface area contributed by atoms with Gasteiger partial charge in [-0.05, 0) is 18.2 Å². The lowest BCUT2D eigenvalue weighted by molar-refractivity contribution is -0.141. The third-order valence-corrected chi connectivity index (χ3v) is 3.08. The smallest absolute Gasteiger partial charge is 0.423 e. The zero-order valence-corrected chi connectivity index (χ0v) is 12.0. The molecule has 0 N–H and O–H groups in total. The SMILES string of the molecule is COc1c(C(F)(F)F)cnn1-c1cc(C(F)(F)F)ccc1C(F)(F)F. The Morgan fingerprint density at radius 1 is 0.840 bits per heavy atom. The first kappa shape index (κ1) is 18.9. The Balaban J connectivity index is 2.79. The van der Waals surface area contributed by atoms with Gasteiger partial charge in [-0.1, -0.05) is 0 Å². The van der Waals surface area contributed by atoms with Crippen molar-refractivity contribution in [3.8, 4) is 11.6 Å². The normalized spacial score (nSPS) is 13.2. The number of halogens is 9. The third-order valence-electron chi connectivity index (χ3n) is 3.08. The molecule has 0 bridgehead atoms. The minimum absolute atomic E-state index is 0.0287. The molecular formula is C13H7F9N2O. The Hall–Kier alpha value is -2.40. The van der Waals surface area contributed by atoms with E-state index in [4.69, 9.17) is 0 Å². The van der Waals surface area contributed by atoms with Crippen molar-refractivity contribution in [2.24, 2.45) is 0 Å². The quantitative estimate of drug-likeness (QED) is 0.693. The predicted octanol–water partition coefficient (Wildman–Crippen LogP) is 4.94. The van der Waals surface area contributed by atoms with E-state index in [-0.39, 0.29) is 29.1 Å². The van der Waals surface area contributed by atoms with Gasteiger partial charge in [0.15, 0.2) is 0 Å². The zero-order chi connectivity index (χ0) is 19.2. The van der Waals surface area contributed by atoms with Gasteiger partial charge in [-0.25, -0.2) is 0 Å². The van der Waals surface area contributed by atoms with E-state index in [0.717, 1.165) is 7.11 Å². The van der Waals surface area contributed by atoms with Crippen LogP contribution >= 0.6 is 0 Å². The molecule has 0 fully saturated rings. The minimum Gasteiger partial charge on any atom is -0.480 e. The Kier molecular flexibility index (Phi) is 4.43. The van der Waals surface area contributed by atoms with Gasteiger partial charge in [-0.3, -0.25) is 0 Å². The van der Waals surface area contributed by atoms with Crippen LogP contribution in [0.25, 0.3) is 5.69 Å². The highest BCUT2D eigenvalue weighted by Gasteiger charge is 2.41. The van der Waals surface area contributed by atoms with Crippen LogP contribution in [0.3, 0.4) is 0 Å². The van der Waals surface area contributed by atoms with Gasteiger partial charge in [0.25, 0.3) is 0 Å². The maximum atomic E-state index is 13.1. The second kappa shape index (κ2) is 5.85. The second-order valence-corrected chi connectivity index (χ2v) is 4.70. The highest BCUT2D eigenvalue weighted by molar-refractivity contribution is 5.49. The van der Waals surface area contributed by atoms with Gasteiger partial charge in [-0.15, -0.1) is 0 Å². The van der Waals surface area contributed by atoms with E-state index >= 15 is 0 Å². The van der Waals surface area contributed by atoms with Crippen LogP contribution in [0, 0.1) is 0 Å². The number of benzene rings is 1. The van der Waals surface area contributed by atoms with Gasteiger partial charge in [0.2, 0.25) is 5.88 Å². The molecule has 0 saturated heterocycles. The number of nitrogens with zero attached hydrogens (tertiary/aromatic N) is 2. The van der Waals surface area contributed by atoms with Crippen LogP contribution in [0.2, 0.25) is 0 Å². The van der Waals surface area contributed by atoms with Gasteiger partial charge in [-0.2, -0.15) is 49.3 Å². The molecule has 138 valence electrons. The molecule has 2 aromatic rings. The highest BCUT2D eigenvalue weighted by atomic mass is 19.4. The maximum Gasteiger partial charge on any atom is 0.423 e. The molecule has 1 aromatic carbocycles. The fourth-order valence-electron chi connectivity index (χ4n) is 2.02. The highest BCUT2D eigenvalue weighted by Crippen LogP contribution is 2.42. The molecule has 0 unspecified atom stereocenters. The fraction of sp³-hybridized carbons (Fsp3) is 0.308. The molecule has 25 heavy (non-hydrogen) atoms. The van der Waals surface area contributed by atoms with Crippen LogP contribution in [0.4, 0.5) is 39.5 Å². The predicted molar refractivity (Wildman–Crippen MR) is 65.1 cm³/mol. The zero-order valence-electron chi connectivity index (χ0n) is 12.0. The Morgan fingerprint density at radius 2 is 1.40 bits per heavy atom. The number of methoxy groups -OCH3 is 1. The molecule has 12 heteroatoms. The molecule has 1 heterocycles. The van der Waals surface area contributed by atoms with Gasteiger partial charge in [0, 0.05) is 0 Å². The summed E-state index contributed by atoms with van der Waals surface area (Å²) in [5.74, 6) is -1.17. The van der Waals surface area contributed by atoms with Crippen molar-refractivity contribution in [3.63, 3.8) is 0 Å². The van der Waals surface area contributed by atoms with Crippen LogP contribution in [0.5, 0.6) is 5.88 Å². The molecule has 0 aliphatic rings. The first-order valence-corrected chi connectivity index (χ1v) is 6.25. The molecule has 0 amide bonds. The summed E-state index contributed by atoms with van der Waals surface area (Å²) in [5, 5.41) is 3.13. The first-order valence-electron chi connectivity index (χ1n) is 6.25. The number of rotatable bonds is 2. The summed E-state index contributed by atoms with van der Waals surface area (Å²) in [6, 6.07) is 0.345. The van der Waals surface area contributed by atoms with Crippen molar-refractivity contribution in [1.29, 1.82) is 0 Å². The van der Waals surface area contributed by atoms with Crippen molar-refractivity contribution < 1.29 is 44.3 Å². The summed E-state index contributed by atoms with van der Waals surface area (Å²) in [5.41, 5.74) is -5.85. The molecule has 0 atom stereocenters.